The van der Waals surface area contributed by atoms with Gasteiger partial charge in [0.25, 0.3) is 0 Å². The maximum Gasteiger partial charge on any atom is 0.433 e. The molecule has 1 N–H and O–H groups in total. The van der Waals surface area contributed by atoms with Crippen LogP contribution in [0.2, 0.25) is 0 Å². The second kappa shape index (κ2) is 4.24. The largest absolute Gasteiger partial charge is 0.433 e. The van der Waals surface area contributed by atoms with Crippen molar-refractivity contribution in [3.8, 4) is 0 Å². The molecule has 90 valence electrons. The van der Waals surface area contributed by atoms with Crippen molar-refractivity contribution >= 4 is 0 Å². The summed E-state index contributed by atoms with van der Waals surface area (Å²) >= 11 is 0. The molecule has 5 heteroatoms. The molecule has 2 aromatic heterocycles. The van der Waals surface area contributed by atoms with Crippen LogP contribution >= 0.6 is 0 Å². The lowest BCUT2D eigenvalue weighted by molar-refractivity contribution is -0.141. The topological polar surface area (TPSA) is 28.7 Å². The van der Waals surface area contributed by atoms with Crippen LogP contribution in [0.25, 0.3) is 0 Å². The number of aryl methyl sites for hydroxylation is 1. The highest BCUT2D eigenvalue weighted by atomic mass is 19.4. The third kappa shape index (κ3) is 2.67. The van der Waals surface area contributed by atoms with Gasteiger partial charge in [-0.25, -0.2) is 0 Å². The van der Waals surface area contributed by atoms with Crippen molar-refractivity contribution in [1.29, 1.82) is 0 Å². The molecule has 0 aliphatic carbocycles. The van der Waals surface area contributed by atoms with Crippen LogP contribution in [0.1, 0.15) is 22.4 Å². The van der Waals surface area contributed by atoms with Gasteiger partial charge in [-0.2, -0.15) is 13.2 Å². The number of H-pyrrole nitrogens is 1. The lowest BCUT2D eigenvalue weighted by Crippen LogP contribution is -2.07. The molecule has 2 nitrogen and oxygen atoms in total. The van der Waals surface area contributed by atoms with Gasteiger partial charge in [0.05, 0.1) is 0 Å². The van der Waals surface area contributed by atoms with Crippen LogP contribution in [0.5, 0.6) is 0 Å². The SMILES string of the molecule is Cc1c[nH]cc1Cc1ccc(C(F)(F)F)nc1. The summed E-state index contributed by atoms with van der Waals surface area (Å²) in [4.78, 5) is 6.38. The van der Waals surface area contributed by atoms with E-state index in [-0.39, 0.29) is 0 Å². The van der Waals surface area contributed by atoms with Crippen molar-refractivity contribution in [2.75, 3.05) is 0 Å². The summed E-state index contributed by atoms with van der Waals surface area (Å²) in [7, 11) is 0. The lowest BCUT2D eigenvalue weighted by Gasteiger charge is -2.06. The number of nitrogens with one attached hydrogen (secondary N) is 1. The third-order valence-electron chi connectivity index (χ3n) is 2.57. The van der Waals surface area contributed by atoms with Gasteiger partial charge in [0, 0.05) is 25.0 Å². The fourth-order valence-electron chi connectivity index (χ4n) is 1.58. The predicted octanol–water partition coefficient (Wildman–Crippen LogP) is 3.33. The number of hydrogen-bond acceptors (Lipinski definition) is 1. The van der Waals surface area contributed by atoms with Gasteiger partial charge in [-0.15, -0.1) is 0 Å². The van der Waals surface area contributed by atoms with E-state index in [1.54, 1.807) is 0 Å². The molecule has 0 fully saturated rings. The summed E-state index contributed by atoms with van der Waals surface area (Å²) in [5.74, 6) is 0. The van der Waals surface area contributed by atoms with E-state index in [1.807, 2.05) is 19.3 Å². The number of rotatable bonds is 2. The standard InChI is InChI=1S/C12H11F3N2/c1-8-5-16-7-10(8)4-9-2-3-11(17-6-9)12(13,14)15/h2-3,5-7,16H,4H2,1H3. The molecule has 2 heterocycles. The molecule has 17 heavy (non-hydrogen) atoms. The number of pyridine rings is 1. The molecular formula is C12H11F3N2. The molecule has 0 aromatic carbocycles. The van der Waals surface area contributed by atoms with Crippen LogP contribution in [0.15, 0.2) is 30.7 Å². The smallest absolute Gasteiger partial charge is 0.367 e. The van der Waals surface area contributed by atoms with E-state index in [4.69, 9.17) is 0 Å². The zero-order valence-corrected chi connectivity index (χ0v) is 9.17. The first-order valence-electron chi connectivity index (χ1n) is 5.11. The third-order valence-corrected chi connectivity index (χ3v) is 2.57. The van der Waals surface area contributed by atoms with Gasteiger partial charge in [0.1, 0.15) is 5.69 Å². The molecule has 2 aromatic rings. The van der Waals surface area contributed by atoms with Crippen molar-refractivity contribution in [2.24, 2.45) is 0 Å². The van der Waals surface area contributed by atoms with Crippen molar-refractivity contribution in [2.45, 2.75) is 19.5 Å². The maximum atomic E-state index is 12.3. The molecule has 0 aliphatic heterocycles. The average Bonchev–Trinajstić information content (AvgIpc) is 2.64. The Hall–Kier alpha value is -1.78. The van der Waals surface area contributed by atoms with E-state index in [2.05, 4.69) is 9.97 Å². The van der Waals surface area contributed by atoms with Gasteiger partial charge in [0.2, 0.25) is 0 Å². The molecular weight excluding hydrogens is 229 g/mol. The van der Waals surface area contributed by atoms with E-state index >= 15 is 0 Å². The summed E-state index contributed by atoms with van der Waals surface area (Å²) in [5.41, 5.74) is 2.06. The number of aromatic nitrogens is 2. The fraction of sp³-hybridized carbons (Fsp3) is 0.250. The Bertz CT molecular complexity index is 497. The van der Waals surface area contributed by atoms with Gasteiger partial charge in [-0.05, 0) is 29.7 Å². The molecule has 0 saturated carbocycles. The highest BCUT2D eigenvalue weighted by molar-refractivity contribution is 5.29. The van der Waals surface area contributed by atoms with Gasteiger partial charge >= 0.3 is 6.18 Å². The Labute approximate surface area is 96.5 Å². The Kier molecular flexibility index (Phi) is 2.92. The van der Waals surface area contributed by atoms with Crippen LogP contribution in [-0.4, -0.2) is 9.97 Å². The molecule has 0 unspecified atom stereocenters. The van der Waals surface area contributed by atoms with Gasteiger partial charge < -0.3 is 4.98 Å². The van der Waals surface area contributed by atoms with Gasteiger partial charge in [-0.3, -0.25) is 4.98 Å². The first-order chi connectivity index (χ1) is 7.97. The number of hydrogen-bond donors (Lipinski definition) is 1. The maximum absolute atomic E-state index is 12.3. The summed E-state index contributed by atoms with van der Waals surface area (Å²) in [6.45, 7) is 1.95. The fourth-order valence-corrected chi connectivity index (χ4v) is 1.58. The predicted molar refractivity (Wildman–Crippen MR) is 57.6 cm³/mol. The van der Waals surface area contributed by atoms with Gasteiger partial charge in [-0.1, -0.05) is 6.07 Å². The molecule has 0 amide bonds. The minimum atomic E-state index is -4.37. The van der Waals surface area contributed by atoms with Crippen LogP contribution in [-0.2, 0) is 12.6 Å². The van der Waals surface area contributed by atoms with Crippen molar-refractivity contribution in [1.82, 2.24) is 9.97 Å². The molecule has 0 spiro atoms. The molecule has 0 atom stereocenters. The monoisotopic (exact) mass is 240 g/mol. The van der Waals surface area contributed by atoms with Gasteiger partial charge in [0.15, 0.2) is 0 Å². The first-order valence-corrected chi connectivity index (χ1v) is 5.11. The average molecular weight is 240 g/mol. The molecule has 2 rings (SSSR count). The van der Waals surface area contributed by atoms with E-state index in [0.29, 0.717) is 6.42 Å². The molecule has 0 aliphatic rings. The van der Waals surface area contributed by atoms with Crippen molar-refractivity contribution in [3.63, 3.8) is 0 Å². The molecule has 0 saturated heterocycles. The van der Waals surface area contributed by atoms with Crippen LogP contribution in [0.4, 0.5) is 13.2 Å². The zero-order valence-electron chi connectivity index (χ0n) is 9.17. The second-order valence-electron chi connectivity index (χ2n) is 3.89. The number of alkyl halides is 3. The zero-order chi connectivity index (χ0) is 12.5. The Morgan fingerprint density at radius 1 is 1.24 bits per heavy atom. The van der Waals surface area contributed by atoms with Crippen molar-refractivity contribution < 1.29 is 13.2 Å². The Morgan fingerprint density at radius 3 is 2.47 bits per heavy atom. The summed E-state index contributed by atoms with van der Waals surface area (Å²) in [6.07, 6.45) is 1.18. The van der Waals surface area contributed by atoms with E-state index in [0.717, 1.165) is 22.8 Å². The van der Waals surface area contributed by atoms with E-state index in [1.165, 1.54) is 12.3 Å². The Morgan fingerprint density at radius 2 is 2.00 bits per heavy atom. The van der Waals surface area contributed by atoms with E-state index in [9.17, 15) is 13.2 Å². The highest BCUT2D eigenvalue weighted by Crippen LogP contribution is 2.27. The minimum Gasteiger partial charge on any atom is -0.367 e. The number of aromatic amines is 1. The normalized spacial score (nSPS) is 11.8. The van der Waals surface area contributed by atoms with Crippen molar-refractivity contribution in [3.05, 3.63) is 53.1 Å². The van der Waals surface area contributed by atoms with E-state index < -0.39 is 11.9 Å². The number of halogens is 3. The van der Waals surface area contributed by atoms with Crippen LogP contribution in [0, 0.1) is 6.92 Å². The summed E-state index contributed by atoms with van der Waals surface area (Å²) < 4.78 is 36.9. The second-order valence-corrected chi connectivity index (χ2v) is 3.89. The lowest BCUT2D eigenvalue weighted by atomic mass is 10.1. The molecule has 0 radical (unpaired) electrons. The first kappa shape index (κ1) is 11.7. The highest BCUT2D eigenvalue weighted by Gasteiger charge is 2.31. The Balaban J connectivity index is 2.17. The molecule has 0 bridgehead atoms. The summed E-state index contributed by atoms with van der Waals surface area (Å²) in [5, 5.41) is 0. The summed E-state index contributed by atoms with van der Waals surface area (Å²) in [6, 6.07) is 2.47. The van der Waals surface area contributed by atoms with Crippen LogP contribution < -0.4 is 0 Å². The van der Waals surface area contributed by atoms with Crippen LogP contribution in [0.3, 0.4) is 0 Å². The number of nitrogens with zero attached hydrogens (tertiary/aromatic N) is 1. The quantitative estimate of drug-likeness (QED) is 0.857. The minimum absolute atomic E-state index is 0.584.